The lowest BCUT2D eigenvalue weighted by Gasteiger charge is -2.40. The maximum absolute atomic E-state index is 12.8. The van der Waals surface area contributed by atoms with Gasteiger partial charge in [0.25, 0.3) is 10.2 Å². The van der Waals surface area contributed by atoms with Gasteiger partial charge in [-0.3, -0.25) is 4.79 Å². The molecule has 23 heavy (non-hydrogen) atoms. The number of piperazine rings is 1. The highest BCUT2D eigenvalue weighted by atomic mass is 32.2. The topological polar surface area (TPSA) is 70.2 Å². The van der Waals surface area contributed by atoms with Crippen LogP contribution in [0.2, 0.25) is 0 Å². The summed E-state index contributed by atoms with van der Waals surface area (Å²) in [6.07, 6.45) is 2.31. The van der Waals surface area contributed by atoms with Gasteiger partial charge >= 0.3 is 0 Å². The van der Waals surface area contributed by atoms with Crippen LogP contribution in [0.4, 0.5) is 0 Å². The molecule has 0 aromatic heterocycles. The molecule has 0 bridgehead atoms. The number of ether oxygens (including phenoxy) is 1. The van der Waals surface area contributed by atoms with Crippen molar-refractivity contribution in [3.63, 3.8) is 0 Å². The van der Waals surface area contributed by atoms with Gasteiger partial charge in [0.2, 0.25) is 5.91 Å². The van der Waals surface area contributed by atoms with E-state index >= 15 is 0 Å². The summed E-state index contributed by atoms with van der Waals surface area (Å²) in [7, 11) is -3.47. The van der Waals surface area contributed by atoms with E-state index < -0.39 is 10.2 Å². The van der Waals surface area contributed by atoms with Crippen LogP contribution in [0.3, 0.4) is 0 Å². The van der Waals surface area contributed by atoms with Gasteiger partial charge in [0.1, 0.15) is 0 Å². The van der Waals surface area contributed by atoms with Crippen LogP contribution in [0.25, 0.3) is 0 Å². The Kier molecular flexibility index (Phi) is 6.73. The summed E-state index contributed by atoms with van der Waals surface area (Å²) in [5, 5.41) is 0. The van der Waals surface area contributed by atoms with Crippen molar-refractivity contribution in [2.24, 2.45) is 0 Å². The molecule has 2 atom stereocenters. The second kappa shape index (κ2) is 8.15. The summed E-state index contributed by atoms with van der Waals surface area (Å²) in [4.78, 5) is 13.8. The van der Waals surface area contributed by atoms with Crippen LogP contribution >= 0.6 is 11.8 Å². The van der Waals surface area contributed by atoms with Gasteiger partial charge in [-0.25, -0.2) is 0 Å². The fraction of sp³-hybridized carbons (Fsp3) is 0.929. The van der Waals surface area contributed by atoms with Crippen LogP contribution < -0.4 is 0 Å². The molecule has 0 aromatic carbocycles. The molecule has 0 N–H and O–H groups in total. The van der Waals surface area contributed by atoms with Crippen LogP contribution in [-0.2, 0) is 19.7 Å². The van der Waals surface area contributed by atoms with Crippen LogP contribution in [0.15, 0.2) is 0 Å². The van der Waals surface area contributed by atoms with Crippen molar-refractivity contribution in [1.29, 1.82) is 0 Å². The van der Waals surface area contributed by atoms with Gasteiger partial charge in [0.15, 0.2) is 0 Å². The largest absolute Gasteiger partial charge is 0.373 e. The van der Waals surface area contributed by atoms with E-state index in [1.54, 1.807) is 16.7 Å². The van der Waals surface area contributed by atoms with E-state index in [-0.39, 0.29) is 18.1 Å². The number of amides is 1. The molecule has 2 unspecified atom stereocenters. The molecule has 0 aliphatic carbocycles. The Morgan fingerprint density at radius 3 is 2.17 bits per heavy atom. The number of rotatable bonds is 5. The fourth-order valence-electron chi connectivity index (χ4n) is 3.00. The molecular formula is C14H27N3O4S2. The molecule has 2 rings (SSSR count). The summed E-state index contributed by atoms with van der Waals surface area (Å²) >= 11 is 1.65. The molecule has 0 aromatic rings. The Labute approximate surface area is 143 Å². The zero-order chi connectivity index (χ0) is 17.0. The number of thioether (sulfide) groups is 1. The maximum Gasteiger partial charge on any atom is 0.282 e. The maximum atomic E-state index is 12.8. The number of carbonyl (C=O) groups is 1. The number of nitrogens with zero attached hydrogens (tertiary/aromatic N) is 3. The first-order valence-electron chi connectivity index (χ1n) is 8.02. The zero-order valence-electron chi connectivity index (χ0n) is 14.1. The van der Waals surface area contributed by atoms with Crippen molar-refractivity contribution in [2.45, 2.75) is 32.5 Å². The highest BCUT2D eigenvalue weighted by molar-refractivity contribution is 7.98. The molecule has 0 saturated carbocycles. The molecule has 134 valence electrons. The van der Waals surface area contributed by atoms with E-state index in [4.69, 9.17) is 4.74 Å². The third-order valence-corrected chi connectivity index (χ3v) is 6.73. The number of hydrogen-bond donors (Lipinski definition) is 0. The van der Waals surface area contributed by atoms with E-state index in [1.165, 1.54) is 8.61 Å². The van der Waals surface area contributed by atoms with Crippen molar-refractivity contribution < 1.29 is 17.9 Å². The third kappa shape index (κ3) is 4.82. The van der Waals surface area contributed by atoms with Crippen LogP contribution in [0.5, 0.6) is 0 Å². The minimum atomic E-state index is -3.47. The molecule has 0 spiro atoms. The van der Waals surface area contributed by atoms with Gasteiger partial charge in [-0.2, -0.15) is 28.8 Å². The number of morpholine rings is 1. The van der Waals surface area contributed by atoms with Crippen molar-refractivity contribution in [1.82, 2.24) is 13.5 Å². The first-order valence-corrected chi connectivity index (χ1v) is 10.8. The average molecular weight is 366 g/mol. The smallest absolute Gasteiger partial charge is 0.282 e. The third-order valence-electron chi connectivity index (χ3n) is 4.15. The second-order valence-corrected chi connectivity index (χ2v) is 9.02. The van der Waals surface area contributed by atoms with Crippen molar-refractivity contribution >= 4 is 27.9 Å². The van der Waals surface area contributed by atoms with E-state index in [0.29, 0.717) is 45.7 Å². The molecule has 2 fully saturated rings. The van der Waals surface area contributed by atoms with Crippen molar-refractivity contribution in [3.8, 4) is 0 Å². The van der Waals surface area contributed by atoms with Gasteiger partial charge in [0.05, 0.1) is 12.2 Å². The Morgan fingerprint density at radius 1 is 1.09 bits per heavy atom. The SMILES string of the molecule is CSCCC(=O)N1CCN(S(=O)(=O)N2CC(C)OC(C)C2)CC1. The molecule has 1 amide bonds. The highest BCUT2D eigenvalue weighted by Gasteiger charge is 2.37. The van der Waals surface area contributed by atoms with Gasteiger partial charge in [-0.05, 0) is 20.1 Å². The van der Waals surface area contributed by atoms with Crippen LogP contribution in [0.1, 0.15) is 20.3 Å². The summed E-state index contributed by atoms with van der Waals surface area (Å²) in [6, 6.07) is 0. The van der Waals surface area contributed by atoms with Crippen LogP contribution in [0, 0.1) is 0 Å². The molecule has 0 radical (unpaired) electrons. The molecule has 2 saturated heterocycles. The summed E-state index contributed by atoms with van der Waals surface area (Å²) in [5.41, 5.74) is 0. The summed E-state index contributed by atoms with van der Waals surface area (Å²) in [6.45, 7) is 6.24. The first-order chi connectivity index (χ1) is 10.8. The summed E-state index contributed by atoms with van der Waals surface area (Å²) in [5.74, 6) is 0.922. The van der Waals surface area contributed by atoms with Gasteiger partial charge in [-0.1, -0.05) is 0 Å². The normalized spacial score (nSPS) is 28.0. The van der Waals surface area contributed by atoms with E-state index in [2.05, 4.69) is 0 Å². The van der Waals surface area contributed by atoms with Gasteiger partial charge in [0, 0.05) is 51.4 Å². The number of carbonyl (C=O) groups excluding carboxylic acids is 1. The lowest BCUT2D eigenvalue weighted by Crippen LogP contribution is -2.57. The quantitative estimate of drug-likeness (QED) is 0.698. The second-order valence-electron chi connectivity index (χ2n) is 6.10. The standard InChI is InChI=1S/C14H27N3O4S2/c1-12-10-17(11-13(2)21-12)23(19,20)16-7-5-15(6-8-16)14(18)4-9-22-3/h12-13H,4-11H2,1-3H3. The fourth-order valence-corrected chi connectivity index (χ4v) is 5.12. The van der Waals surface area contributed by atoms with Crippen molar-refractivity contribution in [3.05, 3.63) is 0 Å². The molecule has 9 heteroatoms. The van der Waals surface area contributed by atoms with Gasteiger partial charge in [-0.15, -0.1) is 0 Å². The predicted octanol–water partition coefficient (Wildman–Crippen LogP) is 0.238. The molecule has 2 aliphatic rings. The first kappa shape index (κ1) is 19.0. The Bertz CT molecular complexity index is 496. The highest BCUT2D eigenvalue weighted by Crippen LogP contribution is 2.19. The lowest BCUT2D eigenvalue weighted by molar-refractivity contribution is -0.131. The molecule has 2 aliphatic heterocycles. The number of hydrogen-bond acceptors (Lipinski definition) is 5. The van der Waals surface area contributed by atoms with Crippen LogP contribution in [-0.4, -0.2) is 91.3 Å². The Hall–Kier alpha value is -0.350. The van der Waals surface area contributed by atoms with E-state index in [0.717, 1.165) is 5.75 Å². The predicted molar refractivity (Wildman–Crippen MR) is 91.7 cm³/mol. The molecular weight excluding hydrogens is 338 g/mol. The molecule has 2 heterocycles. The minimum Gasteiger partial charge on any atom is -0.373 e. The van der Waals surface area contributed by atoms with E-state index in [9.17, 15) is 13.2 Å². The zero-order valence-corrected chi connectivity index (χ0v) is 15.7. The Balaban J connectivity index is 1.92. The lowest BCUT2D eigenvalue weighted by atomic mass is 10.3. The average Bonchev–Trinajstić information content (AvgIpc) is 2.51. The monoisotopic (exact) mass is 365 g/mol. The van der Waals surface area contributed by atoms with Crippen molar-refractivity contribution in [2.75, 3.05) is 51.3 Å². The minimum absolute atomic E-state index is 0.0945. The van der Waals surface area contributed by atoms with Gasteiger partial charge < -0.3 is 9.64 Å². The Morgan fingerprint density at radius 2 is 1.65 bits per heavy atom. The molecule has 7 nitrogen and oxygen atoms in total. The van der Waals surface area contributed by atoms with E-state index in [1.807, 2.05) is 20.1 Å². The summed E-state index contributed by atoms with van der Waals surface area (Å²) < 4.78 is 34.2.